The molecule has 1 unspecified atom stereocenters. The molecule has 2 aromatic carbocycles. The molecule has 2 aromatic rings. The van der Waals surface area contributed by atoms with E-state index in [1.54, 1.807) is 49.9 Å². The molecule has 160 valence electrons. The van der Waals surface area contributed by atoms with Crippen LogP contribution in [-0.4, -0.2) is 30.2 Å². The fourth-order valence-electron chi connectivity index (χ4n) is 3.07. The van der Waals surface area contributed by atoms with Crippen LogP contribution in [0.2, 0.25) is 0 Å². The van der Waals surface area contributed by atoms with Crippen molar-refractivity contribution in [1.29, 1.82) is 0 Å². The Morgan fingerprint density at radius 1 is 1.13 bits per heavy atom. The van der Waals surface area contributed by atoms with Crippen molar-refractivity contribution in [2.45, 2.75) is 45.4 Å². The Morgan fingerprint density at radius 3 is 2.37 bits per heavy atom. The molecule has 8 heteroatoms. The van der Waals surface area contributed by atoms with Gasteiger partial charge in [0, 0.05) is 12.2 Å². The summed E-state index contributed by atoms with van der Waals surface area (Å²) in [5.74, 6) is -1.16. The van der Waals surface area contributed by atoms with E-state index >= 15 is 0 Å². The summed E-state index contributed by atoms with van der Waals surface area (Å²) in [7, 11) is 0. The number of anilines is 1. The lowest BCUT2D eigenvalue weighted by molar-refractivity contribution is -0.118. The molecule has 0 spiro atoms. The average Bonchev–Trinajstić information content (AvgIpc) is 3.01. The lowest BCUT2D eigenvalue weighted by Gasteiger charge is -2.21. The van der Waals surface area contributed by atoms with Crippen LogP contribution < -0.4 is 15.0 Å². The van der Waals surface area contributed by atoms with Gasteiger partial charge >= 0.3 is 6.09 Å². The number of carbonyl (C=O) groups excluding carboxylic acids is 2. The number of hydrogen-bond donors (Lipinski definition) is 1. The highest BCUT2D eigenvalue weighted by Crippen LogP contribution is 2.25. The largest absolute Gasteiger partial charge is 0.489 e. The average molecular weight is 418 g/mol. The first-order valence-corrected chi connectivity index (χ1v) is 9.61. The minimum absolute atomic E-state index is 0.146. The molecule has 30 heavy (non-hydrogen) atoms. The van der Waals surface area contributed by atoms with Crippen LogP contribution in [0, 0.1) is 11.6 Å². The van der Waals surface area contributed by atoms with Crippen LogP contribution in [0.5, 0.6) is 5.75 Å². The Balaban J connectivity index is 1.58. The van der Waals surface area contributed by atoms with Crippen LogP contribution in [0.1, 0.15) is 32.8 Å². The molecule has 1 aliphatic heterocycles. The van der Waals surface area contributed by atoms with Gasteiger partial charge in [0.15, 0.2) is 0 Å². The van der Waals surface area contributed by atoms with E-state index in [1.807, 2.05) is 0 Å². The maximum atomic E-state index is 13.7. The topological polar surface area (TPSA) is 67.9 Å². The molecule has 1 aliphatic rings. The van der Waals surface area contributed by atoms with Gasteiger partial charge in [-0.25, -0.2) is 13.6 Å². The Labute approximate surface area is 173 Å². The van der Waals surface area contributed by atoms with E-state index in [1.165, 1.54) is 18.2 Å². The number of amides is 2. The van der Waals surface area contributed by atoms with Gasteiger partial charge in [-0.05, 0) is 63.6 Å². The Bertz CT molecular complexity index is 905. The normalized spacial score (nSPS) is 16.5. The van der Waals surface area contributed by atoms with Gasteiger partial charge < -0.3 is 19.7 Å². The van der Waals surface area contributed by atoms with Gasteiger partial charge in [-0.1, -0.05) is 6.07 Å². The summed E-state index contributed by atoms with van der Waals surface area (Å²) in [6.07, 6.45) is -0.171. The van der Waals surface area contributed by atoms with Gasteiger partial charge in [0.05, 0.1) is 5.56 Å². The summed E-state index contributed by atoms with van der Waals surface area (Å²) < 4.78 is 38.0. The van der Waals surface area contributed by atoms with E-state index in [4.69, 9.17) is 9.47 Å². The molecule has 6 nitrogen and oxygen atoms in total. The highest BCUT2D eigenvalue weighted by Gasteiger charge is 2.34. The predicted molar refractivity (Wildman–Crippen MR) is 107 cm³/mol. The molecule has 2 amide bonds. The van der Waals surface area contributed by atoms with Crippen LogP contribution >= 0.6 is 0 Å². The van der Waals surface area contributed by atoms with E-state index in [-0.39, 0.29) is 18.1 Å². The highest BCUT2D eigenvalue weighted by molar-refractivity contribution is 6.00. The summed E-state index contributed by atoms with van der Waals surface area (Å²) in [5.41, 5.74) is -0.155. The number of benzene rings is 2. The first kappa shape index (κ1) is 21.5. The van der Waals surface area contributed by atoms with E-state index in [2.05, 4.69) is 5.32 Å². The maximum absolute atomic E-state index is 13.7. The SMILES string of the molecule is CC(C)(C)OC(=O)NC1CCN(c2ccc(OCc3c(F)cccc3F)cc2)C1=O. The molecule has 0 aliphatic carbocycles. The van der Waals surface area contributed by atoms with Crippen molar-refractivity contribution in [3.63, 3.8) is 0 Å². The predicted octanol–water partition coefficient (Wildman–Crippen LogP) is 4.17. The second kappa shape index (κ2) is 8.69. The standard InChI is InChI=1S/C22H24F2N2O4/c1-22(2,3)30-21(28)25-19-11-12-26(20(19)27)14-7-9-15(10-8-14)29-13-16-17(23)5-4-6-18(16)24/h4-10,19H,11-13H2,1-3H3,(H,25,28). The van der Waals surface area contributed by atoms with E-state index in [9.17, 15) is 18.4 Å². The summed E-state index contributed by atoms with van der Waals surface area (Å²) >= 11 is 0. The van der Waals surface area contributed by atoms with Gasteiger partial charge in [0.2, 0.25) is 5.91 Å². The molecular weight excluding hydrogens is 394 g/mol. The molecule has 1 fully saturated rings. The first-order chi connectivity index (χ1) is 14.1. The van der Waals surface area contributed by atoms with Gasteiger partial charge in [0.25, 0.3) is 0 Å². The first-order valence-electron chi connectivity index (χ1n) is 9.61. The van der Waals surface area contributed by atoms with Crippen molar-refractivity contribution >= 4 is 17.7 Å². The smallest absolute Gasteiger partial charge is 0.408 e. The minimum Gasteiger partial charge on any atom is -0.489 e. The molecule has 1 atom stereocenters. The van der Waals surface area contributed by atoms with E-state index < -0.39 is 29.4 Å². The third-order valence-corrected chi connectivity index (χ3v) is 4.49. The number of rotatable bonds is 5. The lowest BCUT2D eigenvalue weighted by Crippen LogP contribution is -2.43. The summed E-state index contributed by atoms with van der Waals surface area (Å²) in [5, 5.41) is 2.60. The second-order valence-corrected chi connectivity index (χ2v) is 7.96. The monoisotopic (exact) mass is 418 g/mol. The lowest BCUT2D eigenvalue weighted by atomic mass is 10.2. The van der Waals surface area contributed by atoms with Crippen molar-refractivity contribution in [1.82, 2.24) is 5.32 Å². The van der Waals surface area contributed by atoms with Gasteiger partial charge in [-0.15, -0.1) is 0 Å². The minimum atomic E-state index is -0.669. The van der Waals surface area contributed by atoms with Crippen molar-refractivity contribution in [2.75, 3.05) is 11.4 Å². The number of nitrogens with one attached hydrogen (secondary N) is 1. The molecule has 0 saturated carbocycles. The summed E-state index contributed by atoms with van der Waals surface area (Å²) in [6, 6.07) is 9.59. The molecule has 1 saturated heterocycles. The summed E-state index contributed by atoms with van der Waals surface area (Å²) in [4.78, 5) is 26.1. The maximum Gasteiger partial charge on any atom is 0.408 e. The zero-order chi connectivity index (χ0) is 21.9. The Kier molecular flexibility index (Phi) is 6.24. The Hall–Kier alpha value is -3.16. The highest BCUT2D eigenvalue weighted by atomic mass is 19.1. The summed E-state index contributed by atoms with van der Waals surface area (Å²) in [6.45, 7) is 5.45. The van der Waals surface area contributed by atoms with Crippen LogP contribution in [0.3, 0.4) is 0 Å². The Morgan fingerprint density at radius 2 is 1.77 bits per heavy atom. The van der Waals surface area contributed by atoms with Gasteiger partial charge in [-0.3, -0.25) is 4.79 Å². The van der Waals surface area contributed by atoms with Crippen LogP contribution in [0.15, 0.2) is 42.5 Å². The van der Waals surface area contributed by atoms with Gasteiger partial charge in [0.1, 0.15) is 35.6 Å². The van der Waals surface area contributed by atoms with Crippen molar-refractivity contribution in [3.05, 3.63) is 59.7 Å². The zero-order valence-corrected chi connectivity index (χ0v) is 17.1. The van der Waals surface area contributed by atoms with Gasteiger partial charge in [-0.2, -0.15) is 0 Å². The fraction of sp³-hybridized carbons (Fsp3) is 0.364. The van der Waals surface area contributed by atoms with Crippen LogP contribution in [-0.2, 0) is 16.1 Å². The van der Waals surface area contributed by atoms with Crippen molar-refractivity contribution < 1.29 is 27.8 Å². The molecule has 1 N–H and O–H groups in total. The number of alkyl carbamates (subject to hydrolysis) is 1. The third-order valence-electron chi connectivity index (χ3n) is 4.49. The number of nitrogens with zero attached hydrogens (tertiary/aromatic N) is 1. The number of halogens is 2. The fourth-order valence-corrected chi connectivity index (χ4v) is 3.07. The number of carbonyl (C=O) groups is 2. The molecular formula is C22H24F2N2O4. The second-order valence-electron chi connectivity index (χ2n) is 7.96. The molecule has 0 bridgehead atoms. The van der Waals surface area contributed by atoms with Crippen LogP contribution in [0.4, 0.5) is 19.3 Å². The van der Waals surface area contributed by atoms with E-state index in [0.717, 1.165) is 0 Å². The quantitative estimate of drug-likeness (QED) is 0.791. The zero-order valence-electron chi connectivity index (χ0n) is 17.1. The van der Waals surface area contributed by atoms with Crippen molar-refractivity contribution in [3.8, 4) is 5.75 Å². The number of hydrogen-bond acceptors (Lipinski definition) is 4. The third kappa shape index (κ3) is 5.25. The van der Waals surface area contributed by atoms with Crippen LogP contribution in [0.25, 0.3) is 0 Å². The van der Waals surface area contributed by atoms with E-state index in [0.29, 0.717) is 24.4 Å². The molecule has 0 radical (unpaired) electrons. The molecule has 3 rings (SSSR count). The van der Waals surface area contributed by atoms with Crippen molar-refractivity contribution in [2.24, 2.45) is 0 Å². The number of ether oxygens (including phenoxy) is 2. The molecule has 1 heterocycles. The molecule has 0 aromatic heterocycles.